The summed E-state index contributed by atoms with van der Waals surface area (Å²) in [4.78, 5) is 62.5. The molecule has 0 aliphatic carbocycles. The molecule has 5 N–H and O–H groups in total. The van der Waals surface area contributed by atoms with E-state index in [1.54, 1.807) is 35.8 Å². The Morgan fingerprint density at radius 2 is 1.37 bits per heavy atom. The van der Waals surface area contributed by atoms with Gasteiger partial charge in [-0.25, -0.2) is 9.59 Å². The molecule has 0 spiro atoms. The van der Waals surface area contributed by atoms with Crippen molar-refractivity contribution in [3.05, 3.63) is 101 Å². The Morgan fingerprint density at radius 3 is 1.91 bits per heavy atom. The number of nitrogens with zero attached hydrogens (tertiary/aromatic N) is 3. The Bertz CT molecular complexity index is 1800. The summed E-state index contributed by atoms with van der Waals surface area (Å²) in [5.74, 6) is -0.838. The maximum atomic E-state index is 14.5. The molecule has 5 amide bonds. The van der Waals surface area contributed by atoms with Gasteiger partial charge < -0.3 is 40.7 Å². The third-order valence-corrected chi connectivity index (χ3v) is 10.2. The van der Waals surface area contributed by atoms with Crippen LogP contribution in [0.1, 0.15) is 84.3 Å². The molecule has 13 heteroatoms. The number of aliphatic hydroxyl groups excluding tert-OH is 1. The smallest absolute Gasteiger partial charge is 0.407 e. The number of benzene rings is 2. The van der Waals surface area contributed by atoms with Crippen molar-refractivity contribution in [3.63, 3.8) is 0 Å². The topological polar surface area (TPSA) is 173 Å². The maximum Gasteiger partial charge on any atom is 0.407 e. The second-order valence-corrected chi connectivity index (χ2v) is 17.7. The van der Waals surface area contributed by atoms with Gasteiger partial charge in [-0.15, -0.1) is 0 Å². The van der Waals surface area contributed by atoms with Crippen LogP contribution >= 0.6 is 0 Å². The normalized spacial score (nSPS) is 16.3. The van der Waals surface area contributed by atoms with Crippen molar-refractivity contribution >= 4 is 23.9 Å². The molecule has 3 aromatic rings. The molecule has 0 radical (unpaired) electrons. The Hall–Kier alpha value is -5.01. The average molecular weight is 787 g/mol. The average Bonchev–Trinajstić information content (AvgIpc) is 3.47. The quantitative estimate of drug-likeness (QED) is 0.136. The summed E-state index contributed by atoms with van der Waals surface area (Å²) >= 11 is 0. The molecular formula is C44H62N6O7. The molecule has 2 heterocycles. The van der Waals surface area contributed by atoms with Crippen LogP contribution in [-0.4, -0.2) is 99.4 Å². The molecule has 1 aromatic heterocycles. The summed E-state index contributed by atoms with van der Waals surface area (Å²) in [6.07, 6.45) is -1.15. The molecular weight excluding hydrogens is 725 g/mol. The highest BCUT2D eigenvalue weighted by atomic mass is 16.5. The van der Waals surface area contributed by atoms with Crippen LogP contribution in [0, 0.1) is 10.8 Å². The van der Waals surface area contributed by atoms with Gasteiger partial charge in [-0.05, 0) is 67.2 Å². The molecule has 2 aromatic carbocycles. The van der Waals surface area contributed by atoms with E-state index in [1.807, 2.05) is 108 Å². The number of carbonyl (C=O) groups is 4. The van der Waals surface area contributed by atoms with E-state index in [1.165, 1.54) is 7.11 Å². The fourth-order valence-corrected chi connectivity index (χ4v) is 7.19. The van der Waals surface area contributed by atoms with Crippen LogP contribution in [0.2, 0.25) is 0 Å². The van der Waals surface area contributed by atoms with E-state index in [0.29, 0.717) is 30.9 Å². The number of ether oxygens (including phenoxy) is 1. The Morgan fingerprint density at radius 1 is 0.772 bits per heavy atom. The number of urea groups is 1. The van der Waals surface area contributed by atoms with Crippen LogP contribution in [0.3, 0.4) is 0 Å². The number of methoxy groups -OCH3 is 1. The predicted molar refractivity (Wildman–Crippen MR) is 219 cm³/mol. The van der Waals surface area contributed by atoms with Gasteiger partial charge in [-0.3, -0.25) is 14.6 Å². The first-order valence-corrected chi connectivity index (χ1v) is 19.6. The van der Waals surface area contributed by atoms with E-state index < -0.39 is 58.7 Å². The highest BCUT2D eigenvalue weighted by Crippen LogP contribution is 2.29. The largest absolute Gasteiger partial charge is 0.453 e. The number of rotatable bonds is 16. The maximum absolute atomic E-state index is 14.5. The molecule has 4 rings (SSSR count). The number of aliphatic hydroxyl groups is 2. The number of amides is 5. The number of aromatic nitrogens is 1. The number of carbonyl (C=O) groups excluding carboxylic acids is 4. The monoisotopic (exact) mass is 786 g/mol. The molecule has 1 fully saturated rings. The lowest BCUT2D eigenvalue weighted by molar-refractivity contribution is -0.130. The third kappa shape index (κ3) is 12.7. The number of hydrogen-bond acceptors (Lipinski definition) is 8. The van der Waals surface area contributed by atoms with Gasteiger partial charge in [0.1, 0.15) is 17.7 Å². The zero-order valence-corrected chi connectivity index (χ0v) is 34.9. The van der Waals surface area contributed by atoms with Gasteiger partial charge in [-0.2, -0.15) is 0 Å². The molecule has 310 valence electrons. The second kappa shape index (κ2) is 19.0. The van der Waals surface area contributed by atoms with Crippen LogP contribution in [0.25, 0.3) is 0 Å². The van der Waals surface area contributed by atoms with E-state index in [0.717, 1.165) is 11.1 Å². The molecule has 0 bridgehead atoms. The highest BCUT2D eigenvalue weighted by Gasteiger charge is 2.44. The van der Waals surface area contributed by atoms with Gasteiger partial charge >= 0.3 is 12.1 Å². The minimum Gasteiger partial charge on any atom is -0.453 e. The lowest BCUT2D eigenvalue weighted by atomic mass is 9.84. The minimum atomic E-state index is -1.14. The fourth-order valence-electron chi connectivity index (χ4n) is 7.19. The lowest BCUT2D eigenvalue weighted by Gasteiger charge is -2.38. The zero-order valence-electron chi connectivity index (χ0n) is 34.9. The molecule has 57 heavy (non-hydrogen) atoms. The molecule has 1 saturated heterocycles. The van der Waals surface area contributed by atoms with Crippen LogP contribution in [0.5, 0.6) is 0 Å². The Balaban J connectivity index is 1.60. The second-order valence-electron chi connectivity index (χ2n) is 17.7. The molecule has 1 aliphatic heterocycles. The van der Waals surface area contributed by atoms with E-state index in [4.69, 9.17) is 4.74 Å². The Labute approximate surface area is 337 Å². The molecule has 1 aliphatic rings. The minimum absolute atomic E-state index is 0.0726. The summed E-state index contributed by atoms with van der Waals surface area (Å²) in [5.41, 5.74) is 0.454. The SMILES string of the molecule is COC(=O)N[C@H](C(=O)N[C@@H](Cc1ccccc1)[C@@H](O)C[C@H](Cc1ccccc1)NC(=O)[C@@H](N1CCN(Cc2cccc(C(C)(C)O)n2)C1=O)C(C)(C)C)C(C)(C)C. The fraction of sp³-hybridized carbons (Fsp3) is 0.523. The van der Waals surface area contributed by atoms with Crippen LogP contribution < -0.4 is 16.0 Å². The van der Waals surface area contributed by atoms with E-state index in [-0.39, 0.29) is 31.3 Å². The van der Waals surface area contributed by atoms with Crippen molar-refractivity contribution in [3.8, 4) is 0 Å². The van der Waals surface area contributed by atoms with Crippen molar-refractivity contribution < 1.29 is 34.1 Å². The number of hydrogen-bond donors (Lipinski definition) is 5. The predicted octanol–water partition coefficient (Wildman–Crippen LogP) is 4.94. The summed E-state index contributed by atoms with van der Waals surface area (Å²) in [7, 11) is 1.23. The molecule has 0 saturated carbocycles. The first-order valence-electron chi connectivity index (χ1n) is 19.6. The van der Waals surface area contributed by atoms with E-state index >= 15 is 0 Å². The van der Waals surface area contributed by atoms with Crippen molar-refractivity contribution in [2.75, 3.05) is 20.2 Å². The summed E-state index contributed by atoms with van der Waals surface area (Å²) in [6, 6.07) is 20.9. The number of pyridine rings is 1. The first kappa shape index (κ1) is 44.7. The molecule has 0 unspecified atom stereocenters. The number of nitrogens with one attached hydrogen (secondary N) is 3. The van der Waals surface area contributed by atoms with Crippen LogP contribution in [0.15, 0.2) is 78.9 Å². The summed E-state index contributed by atoms with van der Waals surface area (Å²) < 4.78 is 4.80. The van der Waals surface area contributed by atoms with Crippen LogP contribution in [0.4, 0.5) is 9.59 Å². The molecule has 5 atom stereocenters. The van der Waals surface area contributed by atoms with Gasteiger partial charge in [0, 0.05) is 19.1 Å². The Kier molecular flexibility index (Phi) is 14.9. The van der Waals surface area contributed by atoms with E-state index in [2.05, 4.69) is 20.9 Å². The van der Waals surface area contributed by atoms with Gasteiger partial charge in [0.15, 0.2) is 0 Å². The summed E-state index contributed by atoms with van der Waals surface area (Å²) in [6.45, 7) is 15.5. The zero-order chi connectivity index (χ0) is 42.1. The van der Waals surface area contributed by atoms with Gasteiger partial charge in [0.05, 0.1) is 37.2 Å². The van der Waals surface area contributed by atoms with Crippen LogP contribution in [-0.2, 0) is 39.3 Å². The van der Waals surface area contributed by atoms with Gasteiger partial charge in [0.2, 0.25) is 11.8 Å². The highest BCUT2D eigenvalue weighted by molar-refractivity contribution is 5.89. The lowest BCUT2D eigenvalue weighted by Crippen LogP contribution is -2.59. The van der Waals surface area contributed by atoms with Crippen molar-refractivity contribution in [2.24, 2.45) is 10.8 Å². The molecule has 13 nitrogen and oxygen atoms in total. The van der Waals surface area contributed by atoms with Crippen molar-refractivity contribution in [2.45, 2.75) is 117 Å². The van der Waals surface area contributed by atoms with Crippen molar-refractivity contribution in [1.82, 2.24) is 30.7 Å². The summed E-state index contributed by atoms with van der Waals surface area (Å²) in [5, 5.41) is 31.4. The number of alkyl carbamates (subject to hydrolysis) is 1. The van der Waals surface area contributed by atoms with Gasteiger partial charge in [-0.1, -0.05) is 108 Å². The third-order valence-electron chi connectivity index (χ3n) is 10.2. The van der Waals surface area contributed by atoms with Crippen molar-refractivity contribution in [1.29, 1.82) is 0 Å². The first-order chi connectivity index (χ1) is 26.7. The van der Waals surface area contributed by atoms with Gasteiger partial charge in [0.25, 0.3) is 0 Å². The van der Waals surface area contributed by atoms with E-state index in [9.17, 15) is 29.4 Å². The standard InChI is InChI=1S/C44H62N6O7/c1-42(2,3)36(48-40(54)57-9)38(52)47-33(26-30-19-14-11-15-20-30)34(51)27-32(25-29-17-12-10-13-18-29)46-39(53)37(43(4,5)6)50-24-23-49(41(50)55)28-31-21-16-22-35(45-31)44(7,8)56/h10-22,32-34,36-37,51,56H,23-28H2,1-9H3,(H,46,53)(H,47,52)(H,48,54)/t32-,33-,34-,36+,37+/m0/s1.